The number of para-hydroxylation sites is 1. The zero-order chi connectivity index (χ0) is 21.0. The summed E-state index contributed by atoms with van der Waals surface area (Å²) >= 11 is 0. The van der Waals surface area contributed by atoms with Crippen LogP contribution in [0.25, 0.3) is 0 Å². The molecule has 0 unspecified atom stereocenters. The molecule has 2 aliphatic rings. The lowest BCUT2D eigenvalue weighted by molar-refractivity contribution is -0.135. The Morgan fingerprint density at radius 2 is 1.87 bits per heavy atom. The number of rotatable bonds is 6. The van der Waals surface area contributed by atoms with Gasteiger partial charge in [-0.2, -0.15) is 0 Å². The Morgan fingerprint density at radius 1 is 1.10 bits per heavy atom. The second-order valence-corrected chi connectivity index (χ2v) is 7.89. The van der Waals surface area contributed by atoms with E-state index in [9.17, 15) is 9.59 Å². The van der Waals surface area contributed by atoms with Gasteiger partial charge in [0.15, 0.2) is 5.78 Å². The fourth-order valence-corrected chi connectivity index (χ4v) is 4.13. The first-order valence-electron chi connectivity index (χ1n) is 10.4. The molecule has 30 heavy (non-hydrogen) atoms. The normalized spacial score (nSPS) is 17.2. The Labute approximate surface area is 176 Å². The molecule has 158 valence electrons. The first kappa shape index (κ1) is 20.3. The molecule has 2 aromatic rings. The number of piperidine rings is 1. The number of nitrogens with zero attached hydrogens (tertiary/aromatic N) is 1. The Morgan fingerprint density at radius 3 is 2.60 bits per heavy atom. The van der Waals surface area contributed by atoms with Crippen molar-refractivity contribution in [3.63, 3.8) is 0 Å². The summed E-state index contributed by atoms with van der Waals surface area (Å²) in [6, 6.07) is 15.0. The summed E-state index contributed by atoms with van der Waals surface area (Å²) in [4.78, 5) is 27.1. The molecule has 6 nitrogen and oxygen atoms in total. The molecule has 0 bridgehead atoms. The van der Waals surface area contributed by atoms with E-state index in [0.29, 0.717) is 68.9 Å². The molecule has 0 saturated carbocycles. The van der Waals surface area contributed by atoms with E-state index in [2.05, 4.69) is 0 Å². The van der Waals surface area contributed by atoms with Crippen LogP contribution in [0.5, 0.6) is 17.2 Å². The lowest BCUT2D eigenvalue weighted by atomic mass is 9.82. The van der Waals surface area contributed by atoms with Crippen molar-refractivity contribution in [1.29, 1.82) is 0 Å². The van der Waals surface area contributed by atoms with Crippen LogP contribution in [0.15, 0.2) is 48.5 Å². The SMILES string of the molecule is COc1ccc2c(c1)C(=O)CC1(CCN(C(=O)CCCOc3ccccc3)CC1)O2. The van der Waals surface area contributed by atoms with Gasteiger partial charge in [0.05, 0.1) is 25.7 Å². The number of fused-ring (bicyclic) bond motifs is 1. The maximum Gasteiger partial charge on any atom is 0.222 e. The molecule has 0 radical (unpaired) electrons. The molecule has 0 atom stereocenters. The van der Waals surface area contributed by atoms with E-state index in [-0.39, 0.29) is 11.7 Å². The van der Waals surface area contributed by atoms with E-state index in [4.69, 9.17) is 14.2 Å². The minimum Gasteiger partial charge on any atom is -0.497 e. The molecule has 2 aromatic carbocycles. The van der Waals surface area contributed by atoms with Gasteiger partial charge in [0, 0.05) is 32.4 Å². The highest BCUT2D eigenvalue weighted by molar-refractivity contribution is 6.00. The van der Waals surface area contributed by atoms with Crippen molar-refractivity contribution < 1.29 is 23.8 Å². The van der Waals surface area contributed by atoms with Crippen LogP contribution in [-0.2, 0) is 4.79 Å². The van der Waals surface area contributed by atoms with Crippen LogP contribution in [0.2, 0.25) is 0 Å². The first-order valence-corrected chi connectivity index (χ1v) is 10.4. The van der Waals surface area contributed by atoms with Crippen LogP contribution in [0.3, 0.4) is 0 Å². The lowest BCUT2D eigenvalue weighted by Crippen LogP contribution is -2.52. The molecular formula is C24H27NO5. The van der Waals surface area contributed by atoms with Crippen LogP contribution < -0.4 is 14.2 Å². The molecule has 0 aromatic heterocycles. The number of benzene rings is 2. The summed E-state index contributed by atoms with van der Waals surface area (Å²) in [6.07, 6.45) is 2.81. The Hall–Kier alpha value is -3.02. The summed E-state index contributed by atoms with van der Waals surface area (Å²) in [5.41, 5.74) is 0.0724. The molecular weight excluding hydrogens is 382 g/mol. The van der Waals surface area contributed by atoms with Crippen LogP contribution in [0.4, 0.5) is 0 Å². The first-order chi connectivity index (χ1) is 14.6. The number of hydrogen-bond donors (Lipinski definition) is 0. The second kappa shape index (κ2) is 8.78. The third kappa shape index (κ3) is 4.42. The highest BCUT2D eigenvalue weighted by Gasteiger charge is 2.43. The highest BCUT2D eigenvalue weighted by Crippen LogP contribution is 2.40. The van der Waals surface area contributed by atoms with Crippen molar-refractivity contribution in [3.05, 3.63) is 54.1 Å². The number of hydrogen-bond acceptors (Lipinski definition) is 5. The number of methoxy groups -OCH3 is 1. The van der Waals surface area contributed by atoms with Gasteiger partial charge in [0.1, 0.15) is 22.8 Å². The molecule has 2 aliphatic heterocycles. The quantitative estimate of drug-likeness (QED) is 0.678. The topological polar surface area (TPSA) is 65.1 Å². The molecule has 2 heterocycles. The number of Topliss-reactive ketones (excluding diaryl/α,β-unsaturated/α-hetero) is 1. The number of ether oxygens (including phenoxy) is 3. The molecule has 1 amide bonds. The van der Waals surface area contributed by atoms with Gasteiger partial charge < -0.3 is 19.1 Å². The molecule has 1 spiro atoms. The molecule has 0 N–H and O–H groups in total. The minimum atomic E-state index is -0.508. The zero-order valence-corrected chi connectivity index (χ0v) is 17.3. The smallest absolute Gasteiger partial charge is 0.222 e. The zero-order valence-electron chi connectivity index (χ0n) is 17.3. The highest BCUT2D eigenvalue weighted by atomic mass is 16.5. The Balaban J connectivity index is 1.27. The standard InChI is InChI=1S/C24H27NO5/c1-28-19-9-10-22-20(16-19)21(26)17-24(30-22)11-13-25(14-12-24)23(27)8-5-15-29-18-6-3-2-4-7-18/h2-4,6-7,9-10,16H,5,8,11-15,17H2,1H3. The van der Waals surface area contributed by atoms with E-state index < -0.39 is 5.60 Å². The number of ketones is 1. The monoisotopic (exact) mass is 409 g/mol. The van der Waals surface area contributed by atoms with Gasteiger partial charge in [-0.05, 0) is 36.8 Å². The van der Waals surface area contributed by atoms with Gasteiger partial charge in [-0.3, -0.25) is 9.59 Å². The maximum atomic E-state index is 12.7. The van der Waals surface area contributed by atoms with E-state index in [1.54, 1.807) is 25.3 Å². The van der Waals surface area contributed by atoms with Crippen LogP contribution >= 0.6 is 0 Å². The number of amides is 1. The summed E-state index contributed by atoms with van der Waals surface area (Å²) in [5, 5.41) is 0. The average molecular weight is 409 g/mol. The van der Waals surface area contributed by atoms with Gasteiger partial charge in [-0.1, -0.05) is 18.2 Å². The second-order valence-electron chi connectivity index (χ2n) is 7.89. The summed E-state index contributed by atoms with van der Waals surface area (Å²) < 4.78 is 17.1. The third-order valence-electron chi connectivity index (χ3n) is 5.87. The van der Waals surface area contributed by atoms with Gasteiger partial charge in [0.25, 0.3) is 0 Å². The van der Waals surface area contributed by atoms with E-state index in [1.165, 1.54) is 0 Å². The fraction of sp³-hybridized carbons (Fsp3) is 0.417. The lowest BCUT2D eigenvalue weighted by Gasteiger charge is -2.44. The third-order valence-corrected chi connectivity index (χ3v) is 5.87. The van der Waals surface area contributed by atoms with Crippen LogP contribution in [-0.4, -0.2) is 49.0 Å². The van der Waals surface area contributed by atoms with Crippen LogP contribution in [0.1, 0.15) is 42.5 Å². The van der Waals surface area contributed by atoms with E-state index in [0.717, 1.165) is 5.75 Å². The number of carbonyl (C=O) groups is 2. The van der Waals surface area contributed by atoms with Crippen molar-refractivity contribution in [2.24, 2.45) is 0 Å². The van der Waals surface area contributed by atoms with E-state index in [1.807, 2.05) is 35.2 Å². The largest absolute Gasteiger partial charge is 0.497 e. The minimum absolute atomic E-state index is 0.0768. The molecule has 4 rings (SSSR count). The van der Waals surface area contributed by atoms with Gasteiger partial charge in [0.2, 0.25) is 5.91 Å². The predicted octanol–water partition coefficient (Wildman–Crippen LogP) is 3.88. The van der Waals surface area contributed by atoms with Crippen molar-refractivity contribution in [3.8, 4) is 17.2 Å². The molecule has 0 aliphatic carbocycles. The molecule has 6 heteroatoms. The summed E-state index contributed by atoms with van der Waals surface area (Å²) in [7, 11) is 1.58. The van der Waals surface area contributed by atoms with E-state index >= 15 is 0 Å². The summed E-state index contributed by atoms with van der Waals surface area (Å²) in [5.74, 6) is 2.30. The molecule has 1 fully saturated rings. The van der Waals surface area contributed by atoms with Gasteiger partial charge >= 0.3 is 0 Å². The van der Waals surface area contributed by atoms with Gasteiger partial charge in [-0.15, -0.1) is 0 Å². The Bertz CT molecular complexity index is 903. The van der Waals surface area contributed by atoms with Crippen molar-refractivity contribution in [2.45, 2.75) is 37.7 Å². The summed E-state index contributed by atoms with van der Waals surface area (Å²) in [6.45, 7) is 1.74. The fourth-order valence-electron chi connectivity index (χ4n) is 4.13. The van der Waals surface area contributed by atoms with Gasteiger partial charge in [-0.25, -0.2) is 0 Å². The van der Waals surface area contributed by atoms with Crippen molar-refractivity contribution in [1.82, 2.24) is 4.90 Å². The number of likely N-dealkylation sites (tertiary alicyclic amines) is 1. The van der Waals surface area contributed by atoms with Crippen LogP contribution in [0, 0.1) is 0 Å². The Kier molecular flexibility index (Phi) is 5.93. The van der Waals surface area contributed by atoms with Crippen molar-refractivity contribution in [2.75, 3.05) is 26.8 Å². The van der Waals surface area contributed by atoms with Crippen molar-refractivity contribution >= 4 is 11.7 Å². The average Bonchev–Trinajstić information content (AvgIpc) is 2.77. The maximum absolute atomic E-state index is 12.7. The molecule has 1 saturated heterocycles. The number of carbonyl (C=O) groups excluding carboxylic acids is 2. The predicted molar refractivity (Wildman–Crippen MR) is 112 cm³/mol.